The third-order valence-electron chi connectivity index (χ3n) is 5.70. The number of pyridine rings is 1. The van der Waals surface area contributed by atoms with E-state index in [0.717, 1.165) is 16.5 Å². The minimum absolute atomic E-state index is 0.0181. The number of hydrogen-bond donors (Lipinski definition) is 0. The van der Waals surface area contributed by atoms with Crippen molar-refractivity contribution in [3.63, 3.8) is 0 Å². The zero-order valence-corrected chi connectivity index (χ0v) is 18.8. The molecule has 0 bridgehead atoms. The van der Waals surface area contributed by atoms with E-state index in [2.05, 4.69) is 10.1 Å². The highest BCUT2D eigenvalue weighted by Crippen LogP contribution is 2.32. The molecule has 0 atom stereocenters. The zero-order chi connectivity index (χ0) is 23.2. The number of fused-ring (bicyclic) bond motifs is 3. The molecule has 0 fully saturated rings. The standard InChI is InChI=1S/C26H26N4O4/c31-25(11-13-30-22-8-2-1-6-20(22)18-28-30)29-14-15-32-16-17-33-23-9-3-4-10-24(23)34-26-21(19-29)7-5-12-27-26/h1-10,12,18H,11,13-17,19H2. The average molecular weight is 459 g/mol. The van der Waals surface area contributed by atoms with Crippen LogP contribution in [0.25, 0.3) is 10.9 Å². The summed E-state index contributed by atoms with van der Waals surface area (Å²) >= 11 is 0. The van der Waals surface area contributed by atoms with Crippen molar-refractivity contribution in [2.45, 2.75) is 19.5 Å². The van der Waals surface area contributed by atoms with Crippen LogP contribution in [0.1, 0.15) is 12.0 Å². The van der Waals surface area contributed by atoms with Gasteiger partial charge in [0, 0.05) is 30.1 Å². The Kier molecular flexibility index (Phi) is 6.67. The maximum atomic E-state index is 13.3. The van der Waals surface area contributed by atoms with Crippen LogP contribution < -0.4 is 9.47 Å². The lowest BCUT2D eigenvalue weighted by Gasteiger charge is -2.23. The Labute approximate surface area is 197 Å². The largest absolute Gasteiger partial charge is 0.487 e. The van der Waals surface area contributed by atoms with Gasteiger partial charge in [0.25, 0.3) is 0 Å². The van der Waals surface area contributed by atoms with Gasteiger partial charge in [-0.2, -0.15) is 5.10 Å². The normalized spacial score (nSPS) is 14.5. The maximum Gasteiger partial charge on any atom is 0.224 e. The molecule has 0 N–H and O–H groups in total. The monoisotopic (exact) mass is 458 g/mol. The van der Waals surface area contributed by atoms with Crippen LogP contribution in [0.4, 0.5) is 0 Å². The smallest absolute Gasteiger partial charge is 0.224 e. The van der Waals surface area contributed by atoms with E-state index in [4.69, 9.17) is 14.2 Å². The van der Waals surface area contributed by atoms with Crippen molar-refractivity contribution < 1.29 is 19.0 Å². The summed E-state index contributed by atoms with van der Waals surface area (Å²) in [5.41, 5.74) is 1.83. The molecule has 3 heterocycles. The summed E-state index contributed by atoms with van der Waals surface area (Å²) < 4.78 is 19.6. The lowest BCUT2D eigenvalue weighted by atomic mass is 10.2. The van der Waals surface area contributed by atoms with Crippen LogP contribution in [0.3, 0.4) is 0 Å². The molecule has 0 spiro atoms. The lowest BCUT2D eigenvalue weighted by Crippen LogP contribution is -2.34. The predicted octanol–water partition coefficient (Wildman–Crippen LogP) is 4.05. The molecule has 1 aliphatic heterocycles. The van der Waals surface area contributed by atoms with E-state index in [1.54, 1.807) is 11.1 Å². The molecule has 8 nitrogen and oxygen atoms in total. The van der Waals surface area contributed by atoms with E-state index >= 15 is 0 Å². The molecule has 5 rings (SSSR count). The molecule has 174 valence electrons. The van der Waals surface area contributed by atoms with Crippen molar-refractivity contribution >= 4 is 16.8 Å². The van der Waals surface area contributed by atoms with Crippen molar-refractivity contribution in [3.05, 3.63) is 78.6 Å². The first-order valence-electron chi connectivity index (χ1n) is 11.4. The van der Waals surface area contributed by atoms with Gasteiger partial charge in [0.2, 0.25) is 11.8 Å². The summed E-state index contributed by atoms with van der Waals surface area (Å²) in [6, 6.07) is 19.2. The second-order valence-corrected chi connectivity index (χ2v) is 7.97. The summed E-state index contributed by atoms with van der Waals surface area (Å²) in [7, 11) is 0. The third-order valence-corrected chi connectivity index (χ3v) is 5.70. The van der Waals surface area contributed by atoms with E-state index in [1.165, 1.54) is 0 Å². The highest BCUT2D eigenvalue weighted by atomic mass is 16.5. The molecule has 0 aliphatic carbocycles. The van der Waals surface area contributed by atoms with Gasteiger partial charge < -0.3 is 19.1 Å². The van der Waals surface area contributed by atoms with Crippen LogP contribution >= 0.6 is 0 Å². The number of para-hydroxylation sites is 3. The van der Waals surface area contributed by atoms with E-state index in [0.29, 0.717) is 63.3 Å². The van der Waals surface area contributed by atoms with E-state index in [9.17, 15) is 4.79 Å². The highest BCUT2D eigenvalue weighted by Gasteiger charge is 2.19. The molecular formula is C26H26N4O4. The molecule has 2 aromatic heterocycles. The Morgan fingerprint density at radius 1 is 0.941 bits per heavy atom. The van der Waals surface area contributed by atoms with Gasteiger partial charge in [-0.15, -0.1) is 0 Å². The van der Waals surface area contributed by atoms with E-state index in [1.807, 2.05) is 71.5 Å². The molecule has 8 heteroatoms. The van der Waals surface area contributed by atoms with Gasteiger partial charge in [-0.3, -0.25) is 9.48 Å². The van der Waals surface area contributed by atoms with Crippen molar-refractivity contribution in [2.75, 3.05) is 26.4 Å². The number of aromatic nitrogens is 3. The molecule has 4 aromatic rings. The quantitative estimate of drug-likeness (QED) is 0.461. The Morgan fingerprint density at radius 3 is 2.74 bits per heavy atom. The summed E-state index contributed by atoms with van der Waals surface area (Å²) in [5, 5.41) is 5.50. The fourth-order valence-electron chi connectivity index (χ4n) is 3.94. The van der Waals surface area contributed by atoms with Crippen LogP contribution in [0, 0.1) is 0 Å². The Hall–Kier alpha value is -3.91. The summed E-state index contributed by atoms with van der Waals surface area (Å²) in [5.74, 6) is 1.67. The van der Waals surface area contributed by atoms with Crippen LogP contribution in [0.15, 0.2) is 73.1 Å². The average Bonchev–Trinajstić information content (AvgIpc) is 3.29. The molecular weight excluding hydrogens is 432 g/mol. The van der Waals surface area contributed by atoms with E-state index in [-0.39, 0.29) is 5.91 Å². The fraction of sp³-hybridized carbons (Fsp3) is 0.269. The number of rotatable bonds is 3. The third kappa shape index (κ3) is 5.02. The lowest BCUT2D eigenvalue weighted by molar-refractivity contribution is -0.133. The maximum absolute atomic E-state index is 13.3. The molecule has 1 aliphatic rings. The van der Waals surface area contributed by atoms with Gasteiger partial charge in [0.05, 0.1) is 38.0 Å². The number of amides is 1. The second kappa shape index (κ2) is 10.4. The minimum atomic E-state index is 0.0181. The van der Waals surface area contributed by atoms with Crippen LogP contribution in [0.2, 0.25) is 0 Å². The Bertz CT molecular complexity index is 1270. The number of carbonyl (C=O) groups excluding carboxylic acids is 1. The van der Waals surface area contributed by atoms with Crippen molar-refractivity contribution in [2.24, 2.45) is 0 Å². The topological polar surface area (TPSA) is 78.7 Å². The highest BCUT2D eigenvalue weighted by molar-refractivity contribution is 5.79. The van der Waals surface area contributed by atoms with Crippen molar-refractivity contribution in [1.29, 1.82) is 0 Å². The SMILES string of the molecule is O=C(CCn1ncc2ccccc21)N1CCOCCOc2ccccc2Oc2ncccc2C1. The molecule has 2 aromatic carbocycles. The number of hydrogen-bond acceptors (Lipinski definition) is 6. The van der Waals surface area contributed by atoms with Gasteiger partial charge in [-0.05, 0) is 24.3 Å². The molecule has 0 radical (unpaired) electrons. The number of nitrogens with zero attached hydrogens (tertiary/aromatic N) is 4. The van der Waals surface area contributed by atoms with E-state index < -0.39 is 0 Å². The molecule has 0 unspecified atom stereocenters. The van der Waals surface area contributed by atoms with Crippen LogP contribution in [-0.4, -0.2) is 51.9 Å². The van der Waals surface area contributed by atoms with Crippen molar-refractivity contribution in [3.8, 4) is 17.4 Å². The Morgan fingerprint density at radius 2 is 1.79 bits per heavy atom. The van der Waals surface area contributed by atoms with Crippen LogP contribution in [0.5, 0.6) is 17.4 Å². The second-order valence-electron chi connectivity index (χ2n) is 7.97. The minimum Gasteiger partial charge on any atom is -0.487 e. The van der Waals surface area contributed by atoms with Gasteiger partial charge in [0.15, 0.2) is 11.5 Å². The number of aryl methyl sites for hydroxylation is 1. The van der Waals surface area contributed by atoms with Crippen LogP contribution in [-0.2, 0) is 22.6 Å². The summed E-state index contributed by atoms with van der Waals surface area (Å²) in [6.07, 6.45) is 3.83. The first-order valence-corrected chi connectivity index (χ1v) is 11.4. The molecule has 1 amide bonds. The number of ether oxygens (including phenoxy) is 3. The first-order chi connectivity index (χ1) is 16.8. The number of benzene rings is 2. The first kappa shape index (κ1) is 21.9. The molecule has 34 heavy (non-hydrogen) atoms. The Balaban J connectivity index is 1.35. The molecule has 0 saturated carbocycles. The zero-order valence-electron chi connectivity index (χ0n) is 18.8. The predicted molar refractivity (Wildman–Crippen MR) is 127 cm³/mol. The van der Waals surface area contributed by atoms with Gasteiger partial charge in [-0.25, -0.2) is 4.98 Å². The number of carbonyl (C=O) groups is 1. The van der Waals surface area contributed by atoms with Gasteiger partial charge in [0.1, 0.15) is 6.61 Å². The molecule has 0 saturated heterocycles. The summed E-state index contributed by atoms with van der Waals surface area (Å²) in [4.78, 5) is 19.5. The fourth-order valence-corrected chi connectivity index (χ4v) is 3.94. The van der Waals surface area contributed by atoms with Gasteiger partial charge >= 0.3 is 0 Å². The van der Waals surface area contributed by atoms with Crippen molar-refractivity contribution in [1.82, 2.24) is 19.7 Å². The summed E-state index contributed by atoms with van der Waals surface area (Å²) in [6.45, 7) is 2.55. The van der Waals surface area contributed by atoms with Gasteiger partial charge in [-0.1, -0.05) is 36.4 Å².